The van der Waals surface area contributed by atoms with E-state index in [4.69, 9.17) is 25.8 Å². The van der Waals surface area contributed by atoms with Crippen molar-refractivity contribution < 1.29 is 23.8 Å². The number of benzene rings is 2. The van der Waals surface area contributed by atoms with E-state index in [-0.39, 0.29) is 24.7 Å². The third kappa shape index (κ3) is 5.09. The average Bonchev–Trinajstić information content (AvgIpc) is 3.18. The van der Waals surface area contributed by atoms with Crippen LogP contribution >= 0.6 is 11.6 Å². The molecule has 0 atom stereocenters. The van der Waals surface area contributed by atoms with Crippen LogP contribution in [0.5, 0.6) is 11.5 Å². The monoisotopic (exact) mass is 429 g/mol. The second-order valence-electron chi connectivity index (χ2n) is 6.02. The number of hydrogen-bond acceptors (Lipinski definition) is 6. The average molecular weight is 430 g/mol. The Morgan fingerprint density at radius 1 is 1.13 bits per heavy atom. The Labute approximate surface area is 178 Å². The molecule has 0 spiro atoms. The Balaban J connectivity index is 1.76. The number of ether oxygens (including phenoxy) is 3. The second-order valence-corrected chi connectivity index (χ2v) is 6.46. The van der Waals surface area contributed by atoms with Gasteiger partial charge in [-0.3, -0.25) is 4.79 Å². The Hall–Kier alpha value is -3.52. The van der Waals surface area contributed by atoms with Crippen LogP contribution in [0.15, 0.2) is 54.7 Å². The zero-order valence-corrected chi connectivity index (χ0v) is 17.2. The summed E-state index contributed by atoms with van der Waals surface area (Å²) >= 11 is 5.98. The van der Waals surface area contributed by atoms with Crippen molar-refractivity contribution in [2.24, 2.45) is 0 Å². The number of nitrogens with zero attached hydrogens (tertiary/aromatic N) is 2. The normalized spacial score (nSPS) is 10.4. The van der Waals surface area contributed by atoms with Crippen molar-refractivity contribution in [3.63, 3.8) is 0 Å². The van der Waals surface area contributed by atoms with Gasteiger partial charge in [0.1, 0.15) is 5.75 Å². The number of methoxy groups -OCH3 is 1. The number of anilines is 1. The minimum absolute atomic E-state index is 0.0196. The highest BCUT2D eigenvalue weighted by Crippen LogP contribution is 2.27. The van der Waals surface area contributed by atoms with Crippen LogP contribution in [0.4, 0.5) is 5.69 Å². The van der Waals surface area contributed by atoms with Crippen LogP contribution in [-0.2, 0) is 9.53 Å². The van der Waals surface area contributed by atoms with Gasteiger partial charge in [-0.2, -0.15) is 5.10 Å². The number of rotatable bonds is 8. The molecule has 0 unspecified atom stereocenters. The number of nitrogens with one attached hydrogen (secondary N) is 1. The SMILES string of the molecule is CCOC(=O)c1nn(-c2ccccc2)cc1OCC(=O)Nc1cc(Cl)ccc1OC. The quantitative estimate of drug-likeness (QED) is 0.548. The van der Waals surface area contributed by atoms with E-state index in [1.807, 2.05) is 30.3 Å². The number of para-hydroxylation sites is 1. The van der Waals surface area contributed by atoms with Gasteiger partial charge >= 0.3 is 5.97 Å². The van der Waals surface area contributed by atoms with Crippen molar-refractivity contribution in [2.45, 2.75) is 6.92 Å². The number of esters is 1. The highest BCUT2D eigenvalue weighted by atomic mass is 35.5. The molecule has 2 aromatic carbocycles. The summed E-state index contributed by atoms with van der Waals surface area (Å²) in [7, 11) is 1.49. The highest BCUT2D eigenvalue weighted by molar-refractivity contribution is 6.31. The third-order valence-electron chi connectivity index (χ3n) is 3.96. The summed E-state index contributed by atoms with van der Waals surface area (Å²) in [6.45, 7) is 1.52. The molecule has 3 aromatic rings. The lowest BCUT2D eigenvalue weighted by Gasteiger charge is -2.11. The Kier molecular flexibility index (Phi) is 6.92. The predicted octanol–water partition coefficient (Wildman–Crippen LogP) is 3.73. The van der Waals surface area contributed by atoms with Gasteiger partial charge in [0, 0.05) is 5.02 Å². The van der Waals surface area contributed by atoms with Gasteiger partial charge in [-0.05, 0) is 37.3 Å². The fourth-order valence-electron chi connectivity index (χ4n) is 2.63. The minimum atomic E-state index is -0.640. The molecule has 1 N–H and O–H groups in total. The van der Waals surface area contributed by atoms with Crippen molar-refractivity contribution in [3.05, 3.63) is 65.4 Å². The van der Waals surface area contributed by atoms with Gasteiger partial charge in [-0.1, -0.05) is 29.8 Å². The maximum Gasteiger partial charge on any atom is 0.362 e. The van der Waals surface area contributed by atoms with E-state index in [1.165, 1.54) is 18.0 Å². The van der Waals surface area contributed by atoms with Gasteiger partial charge in [-0.25, -0.2) is 9.48 Å². The Morgan fingerprint density at radius 3 is 2.60 bits per heavy atom. The smallest absolute Gasteiger partial charge is 0.362 e. The van der Waals surface area contributed by atoms with Crippen molar-refractivity contribution >= 4 is 29.2 Å². The molecular formula is C21H20ClN3O5. The van der Waals surface area contributed by atoms with Crippen LogP contribution < -0.4 is 14.8 Å². The maximum absolute atomic E-state index is 12.4. The van der Waals surface area contributed by atoms with Crippen LogP contribution in [0, 0.1) is 0 Å². The van der Waals surface area contributed by atoms with E-state index in [0.29, 0.717) is 16.5 Å². The molecule has 1 amide bonds. The first kappa shape index (κ1) is 21.2. The molecule has 9 heteroatoms. The zero-order chi connectivity index (χ0) is 21.5. The molecule has 1 aromatic heterocycles. The summed E-state index contributed by atoms with van der Waals surface area (Å²) in [5.74, 6) is -0.515. The summed E-state index contributed by atoms with van der Waals surface area (Å²) in [5, 5.41) is 7.36. The molecule has 3 rings (SSSR count). The minimum Gasteiger partial charge on any atom is -0.495 e. The van der Waals surface area contributed by atoms with Gasteiger partial charge in [0.15, 0.2) is 12.4 Å². The van der Waals surface area contributed by atoms with E-state index >= 15 is 0 Å². The van der Waals surface area contributed by atoms with Gasteiger partial charge in [0.2, 0.25) is 5.69 Å². The van der Waals surface area contributed by atoms with Crippen LogP contribution in [-0.4, -0.2) is 42.0 Å². The fraction of sp³-hybridized carbons (Fsp3) is 0.190. The standard InChI is InChI=1S/C21H20ClN3O5/c1-3-29-21(27)20-18(12-25(24-20)15-7-5-4-6-8-15)30-13-19(26)23-16-11-14(22)9-10-17(16)28-2/h4-12H,3,13H2,1-2H3,(H,23,26). The molecular weight excluding hydrogens is 410 g/mol. The molecule has 0 aliphatic rings. The van der Waals surface area contributed by atoms with Crippen molar-refractivity contribution in [1.82, 2.24) is 9.78 Å². The van der Waals surface area contributed by atoms with Crippen LogP contribution in [0.3, 0.4) is 0 Å². The number of halogens is 1. The first-order chi connectivity index (χ1) is 14.5. The van der Waals surface area contributed by atoms with E-state index < -0.39 is 11.9 Å². The molecule has 30 heavy (non-hydrogen) atoms. The molecule has 0 bridgehead atoms. The summed E-state index contributed by atoms with van der Waals surface area (Å²) in [6.07, 6.45) is 1.52. The van der Waals surface area contributed by atoms with Crippen LogP contribution in [0.2, 0.25) is 5.02 Å². The van der Waals surface area contributed by atoms with Crippen LogP contribution in [0.25, 0.3) is 5.69 Å². The van der Waals surface area contributed by atoms with Crippen molar-refractivity contribution in [3.8, 4) is 17.2 Å². The molecule has 0 saturated carbocycles. The Bertz CT molecular complexity index is 1040. The lowest BCUT2D eigenvalue weighted by Crippen LogP contribution is -2.21. The number of amides is 1. The number of aromatic nitrogens is 2. The molecule has 0 radical (unpaired) electrons. The highest BCUT2D eigenvalue weighted by Gasteiger charge is 2.21. The first-order valence-electron chi connectivity index (χ1n) is 9.10. The largest absolute Gasteiger partial charge is 0.495 e. The molecule has 0 fully saturated rings. The first-order valence-corrected chi connectivity index (χ1v) is 9.48. The second kappa shape index (κ2) is 9.80. The summed E-state index contributed by atoms with van der Waals surface area (Å²) in [5.41, 5.74) is 1.11. The van der Waals surface area contributed by atoms with Crippen LogP contribution in [0.1, 0.15) is 17.4 Å². The number of carbonyl (C=O) groups is 2. The van der Waals surface area contributed by atoms with Gasteiger partial charge in [0.05, 0.1) is 31.3 Å². The van der Waals surface area contributed by atoms with E-state index in [9.17, 15) is 9.59 Å². The Morgan fingerprint density at radius 2 is 1.90 bits per heavy atom. The van der Waals surface area contributed by atoms with Gasteiger partial charge < -0.3 is 19.5 Å². The maximum atomic E-state index is 12.4. The van der Waals surface area contributed by atoms with E-state index in [0.717, 1.165) is 5.69 Å². The topological polar surface area (TPSA) is 91.7 Å². The fourth-order valence-corrected chi connectivity index (χ4v) is 2.80. The zero-order valence-electron chi connectivity index (χ0n) is 16.4. The molecule has 0 aliphatic heterocycles. The lowest BCUT2D eigenvalue weighted by atomic mass is 10.3. The van der Waals surface area contributed by atoms with E-state index in [1.54, 1.807) is 25.1 Å². The predicted molar refractivity (Wildman–Crippen MR) is 112 cm³/mol. The molecule has 8 nitrogen and oxygen atoms in total. The van der Waals surface area contributed by atoms with Gasteiger partial charge in [-0.15, -0.1) is 0 Å². The van der Waals surface area contributed by atoms with Crippen molar-refractivity contribution in [2.75, 3.05) is 25.6 Å². The molecule has 0 saturated heterocycles. The van der Waals surface area contributed by atoms with Gasteiger partial charge in [0.25, 0.3) is 5.91 Å². The summed E-state index contributed by atoms with van der Waals surface area (Å²) in [6, 6.07) is 14.0. The van der Waals surface area contributed by atoms with E-state index in [2.05, 4.69) is 10.4 Å². The van der Waals surface area contributed by atoms with Crippen molar-refractivity contribution in [1.29, 1.82) is 0 Å². The molecule has 0 aliphatic carbocycles. The lowest BCUT2D eigenvalue weighted by molar-refractivity contribution is -0.118. The number of hydrogen-bond donors (Lipinski definition) is 1. The third-order valence-corrected chi connectivity index (χ3v) is 4.20. The molecule has 156 valence electrons. The summed E-state index contributed by atoms with van der Waals surface area (Å²) in [4.78, 5) is 24.6. The molecule has 1 heterocycles. The number of carbonyl (C=O) groups excluding carboxylic acids is 2. The summed E-state index contributed by atoms with van der Waals surface area (Å²) < 4.78 is 17.3.